The van der Waals surface area contributed by atoms with Crippen LogP contribution in [-0.4, -0.2) is 45.7 Å². The molecule has 0 heterocycles. The summed E-state index contributed by atoms with van der Waals surface area (Å²) in [5.41, 5.74) is 6.93. The molecule has 0 saturated heterocycles. The SMILES string of the molecule is C[C@]12C=CC(=O)C=C1CC[C@@H]1C2[C@@H](O)C[C@@]2(C)C1C[C@@H](O[C@H](O)c1ccc(Oc3ccc(N)cc3)cc1)[C@@H]2C(=O)CO. The summed E-state index contributed by atoms with van der Waals surface area (Å²) in [4.78, 5) is 25.4. The van der Waals surface area contributed by atoms with Crippen LogP contribution in [0.15, 0.2) is 72.3 Å². The first kappa shape index (κ1) is 28.8. The number of aliphatic hydroxyl groups excluding tert-OH is 3. The maximum Gasteiger partial charge on any atom is 0.181 e. The molecule has 8 heteroatoms. The smallest absolute Gasteiger partial charge is 0.181 e. The van der Waals surface area contributed by atoms with Gasteiger partial charge in [0.05, 0.1) is 18.1 Å². The van der Waals surface area contributed by atoms with Gasteiger partial charge in [-0.1, -0.05) is 37.6 Å². The molecule has 4 aliphatic rings. The predicted octanol–water partition coefficient (Wildman–Crippen LogP) is 4.50. The lowest BCUT2D eigenvalue weighted by atomic mass is 9.46. The van der Waals surface area contributed by atoms with Crippen molar-refractivity contribution in [3.8, 4) is 11.5 Å². The van der Waals surface area contributed by atoms with Crippen molar-refractivity contribution < 1.29 is 34.4 Å². The van der Waals surface area contributed by atoms with Crippen LogP contribution in [-0.2, 0) is 14.3 Å². The molecule has 2 unspecified atom stereocenters. The van der Waals surface area contributed by atoms with Crippen molar-refractivity contribution in [2.45, 2.75) is 58.0 Å². The Labute approximate surface area is 245 Å². The zero-order chi connectivity index (χ0) is 29.8. The normalized spacial score (nSPS) is 35.9. The number of carbonyl (C=O) groups excluding carboxylic acids is 2. The monoisotopic (exact) mass is 573 g/mol. The summed E-state index contributed by atoms with van der Waals surface area (Å²) in [6.45, 7) is 3.51. The van der Waals surface area contributed by atoms with Crippen LogP contribution in [0.25, 0.3) is 0 Å². The molecule has 4 aliphatic carbocycles. The van der Waals surface area contributed by atoms with E-state index in [2.05, 4.69) is 6.92 Å². The summed E-state index contributed by atoms with van der Waals surface area (Å²) in [5.74, 6) is 0.254. The largest absolute Gasteiger partial charge is 0.457 e. The number of hydrogen-bond acceptors (Lipinski definition) is 8. The zero-order valence-electron chi connectivity index (χ0n) is 24.0. The Morgan fingerprint density at radius 2 is 1.76 bits per heavy atom. The van der Waals surface area contributed by atoms with Gasteiger partial charge < -0.3 is 30.5 Å². The van der Waals surface area contributed by atoms with Crippen molar-refractivity contribution in [2.75, 3.05) is 12.3 Å². The maximum atomic E-state index is 13.3. The number of aliphatic hydroxyl groups is 3. The van der Waals surface area contributed by atoms with Crippen molar-refractivity contribution in [2.24, 2.45) is 34.5 Å². The van der Waals surface area contributed by atoms with E-state index in [-0.39, 0.29) is 29.3 Å². The van der Waals surface area contributed by atoms with Crippen molar-refractivity contribution in [3.05, 3.63) is 77.9 Å². The van der Waals surface area contributed by atoms with E-state index in [0.29, 0.717) is 35.6 Å². The number of ketones is 2. The lowest BCUT2D eigenvalue weighted by Gasteiger charge is -2.58. The van der Waals surface area contributed by atoms with Gasteiger partial charge in [-0.15, -0.1) is 0 Å². The molecule has 3 fully saturated rings. The van der Waals surface area contributed by atoms with Gasteiger partial charge in [0, 0.05) is 22.6 Å². The third kappa shape index (κ3) is 4.80. The molecule has 8 nitrogen and oxygen atoms in total. The van der Waals surface area contributed by atoms with E-state index in [4.69, 9.17) is 15.2 Å². The first-order valence-corrected chi connectivity index (χ1v) is 14.8. The van der Waals surface area contributed by atoms with Crippen LogP contribution >= 0.6 is 0 Å². The van der Waals surface area contributed by atoms with Crippen molar-refractivity contribution >= 4 is 17.3 Å². The minimum Gasteiger partial charge on any atom is -0.457 e. The number of hydrogen-bond donors (Lipinski definition) is 4. The third-order valence-electron chi connectivity index (χ3n) is 10.6. The van der Waals surface area contributed by atoms with Crippen LogP contribution in [0.1, 0.15) is 51.4 Å². The fraction of sp³-hybridized carbons (Fsp3) is 0.471. The number of nitrogens with two attached hydrogens (primary N) is 1. The standard InChI is InChI=1S/C34H39NO7/c1-33-14-13-22(37)15-20(33)5-12-25-26-16-29(31(28(39)18-36)34(26,2)17-27(38)30(25)33)42-32(40)19-3-8-23(9-4-19)41-24-10-6-21(35)7-11-24/h3-4,6-11,13-15,25-27,29-32,36,38,40H,5,12,16-18,35H2,1-2H3/t25-,26?,27-,29+,30?,31-,32-,33-,34-/m0/s1. The molecule has 222 valence electrons. The maximum absolute atomic E-state index is 13.3. The quantitative estimate of drug-likeness (QED) is 0.280. The number of Topliss-reactive ketones (excluding diaryl/α,β-unsaturated/α-hetero) is 1. The summed E-state index contributed by atoms with van der Waals surface area (Å²) < 4.78 is 12.1. The fourth-order valence-electron chi connectivity index (χ4n) is 8.74. The number of ether oxygens (including phenoxy) is 2. The average molecular weight is 574 g/mol. The van der Waals surface area contributed by atoms with Gasteiger partial charge in [-0.3, -0.25) is 9.59 Å². The van der Waals surface area contributed by atoms with Crippen molar-refractivity contribution in [1.82, 2.24) is 0 Å². The number of rotatable bonds is 7. The Morgan fingerprint density at radius 3 is 2.43 bits per heavy atom. The van der Waals surface area contributed by atoms with Crippen LogP contribution in [0.5, 0.6) is 11.5 Å². The number of anilines is 1. The number of carbonyl (C=O) groups is 2. The molecule has 0 aromatic heterocycles. The number of allylic oxidation sites excluding steroid dienone is 4. The van der Waals surface area contributed by atoms with Gasteiger partial charge >= 0.3 is 0 Å². The first-order chi connectivity index (χ1) is 20.0. The topological polar surface area (TPSA) is 139 Å². The van der Waals surface area contributed by atoms with Crippen LogP contribution < -0.4 is 10.5 Å². The van der Waals surface area contributed by atoms with Gasteiger partial charge in [0.25, 0.3) is 0 Å². The first-order valence-electron chi connectivity index (χ1n) is 14.8. The Bertz CT molecular complexity index is 1420. The second kappa shape index (κ2) is 10.8. The highest BCUT2D eigenvalue weighted by Crippen LogP contribution is 2.66. The van der Waals surface area contributed by atoms with Gasteiger partial charge in [-0.25, -0.2) is 0 Å². The fourth-order valence-corrected chi connectivity index (χ4v) is 8.74. The lowest BCUT2D eigenvalue weighted by Crippen LogP contribution is -2.56. The molecule has 9 atom stereocenters. The third-order valence-corrected chi connectivity index (χ3v) is 10.6. The zero-order valence-corrected chi connectivity index (χ0v) is 24.0. The summed E-state index contributed by atoms with van der Waals surface area (Å²) >= 11 is 0. The van der Waals surface area contributed by atoms with E-state index in [1.54, 1.807) is 60.7 Å². The van der Waals surface area contributed by atoms with Gasteiger partial charge in [0.2, 0.25) is 0 Å². The molecule has 2 aromatic rings. The average Bonchev–Trinajstić information content (AvgIpc) is 3.25. The van der Waals surface area contributed by atoms with E-state index < -0.39 is 41.9 Å². The molecule has 0 amide bonds. The van der Waals surface area contributed by atoms with E-state index in [1.165, 1.54) is 0 Å². The highest BCUT2D eigenvalue weighted by Gasteiger charge is 2.65. The molecular weight excluding hydrogens is 534 g/mol. The molecule has 42 heavy (non-hydrogen) atoms. The molecule has 0 bridgehead atoms. The molecule has 0 radical (unpaired) electrons. The molecular formula is C34H39NO7. The summed E-state index contributed by atoms with van der Waals surface area (Å²) in [6.07, 6.45) is 5.15. The van der Waals surface area contributed by atoms with Gasteiger partial charge in [-0.2, -0.15) is 0 Å². The molecule has 3 saturated carbocycles. The Balaban J connectivity index is 1.23. The number of fused-ring (bicyclic) bond motifs is 5. The minimum absolute atomic E-state index is 0.0159. The molecule has 0 spiro atoms. The molecule has 6 rings (SSSR count). The summed E-state index contributed by atoms with van der Waals surface area (Å²) in [7, 11) is 0. The highest BCUT2D eigenvalue weighted by molar-refractivity contribution is 6.01. The second-order valence-corrected chi connectivity index (χ2v) is 12.9. The van der Waals surface area contributed by atoms with Crippen LogP contribution in [0.2, 0.25) is 0 Å². The molecule has 5 N–H and O–H groups in total. The van der Waals surface area contributed by atoms with Crippen molar-refractivity contribution in [1.29, 1.82) is 0 Å². The molecule has 2 aromatic carbocycles. The lowest BCUT2D eigenvalue weighted by molar-refractivity contribution is -0.167. The Morgan fingerprint density at radius 1 is 1.10 bits per heavy atom. The Kier molecular flexibility index (Phi) is 7.38. The summed E-state index contributed by atoms with van der Waals surface area (Å²) in [5, 5.41) is 32.7. The Hall–Kier alpha value is -3.30. The number of nitrogen functional groups attached to an aromatic ring is 1. The second-order valence-electron chi connectivity index (χ2n) is 12.9. The van der Waals surface area contributed by atoms with Gasteiger partial charge in [0.1, 0.15) is 18.1 Å². The van der Waals surface area contributed by atoms with E-state index in [9.17, 15) is 24.9 Å². The van der Waals surface area contributed by atoms with E-state index >= 15 is 0 Å². The number of benzene rings is 2. The van der Waals surface area contributed by atoms with Crippen LogP contribution in [0, 0.1) is 34.5 Å². The molecule has 0 aliphatic heterocycles. The van der Waals surface area contributed by atoms with Gasteiger partial charge in [-0.05, 0) is 91.5 Å². The minimum atomic E-state index is -1.29. The van der Waals surface area contributed by atoms with Gasteiger partial charge in [0.15, 0.2) is 17.9 Å². The van der Waals surface area contributed by atoms with E-state index in [1.807, 2.05) is 13.0 Å². The highest BCUT2D eigenvalue weighted by atomic mass is 16.6. The van der Waals surface area contributed by atoms with Crippen molar-refractivity contribution in [3.63, 3.8) is 0 Å². The van der Waals surface area contributed by atoms with Crippen LogP contribution in [0.3, 0.4) is 0 Å². The predicted molar refractivity (Wildman–Crippen MR) is 156 cm³/mol. The summed E-state index contributed by atoms with van der Waals surface area (Å²) in [6, 6.07) is 14.0. The van der Waals surface area contributed by atoms with E-state index in [0.717, 1.165) is 18.4 Å². The van der Waals surface area contributed by atoms with Crippen LogP contribution in [0.4, 0.5) is 5.69 Å².